The molecule has 0 spiro atoms. The highest BCUT2D eigenvalue weighted by molar-refractivity contribution is 5.87. The first kappa shape index (κ1) is 14.8. The second-order valence-corrected chi connectivity index (χ2v) is 5.12. The minimum Gasteiger partial charge on any atom is -0.368 e. The Balaban J connectivity index is 2.48. The fraction of sp³-hybridized carbons (Fsp3) is 0.667. The van der Waals surface area contributed by atoms with Crippen LogP contribution < -0.4 is 5.32 Å². The lowest BCUT2D eigenvalue weighted by atomic mass is 10.3. The van der Waals surface area contributed by atoms with Crippen molar-refractivity contribution in [2.45, 2.75) is 59.9 Å². The molecule has 0 bridgehead atoms. The molecule has 20 heavy (non-hydrogen) atoms. The molecule has 0 aromatic carbocycles. The number of anilines is 1. The van der Waals surface area contributed by atoms with Gasteiger partial charge in [-0.1, -0.05) is 20.3 Å². The molecule has 0 saturated carbocycles. The average Bonchev–Trinajstić information content (AvgIpc) is 2.76. The largest absolute Gasteiger partial charge is 0.368 e. The monoisotopic (exact) mass is 275 g/mol. The van der Waals surface area contributed by atoms with Gasteiger partial charge in [0.05, 0.1) is 5.69 Å². The summed E-state index contributed by atoms with van der Waals surface area (Å²) in [6.07, 6.45) is 4.29. The van der Waals surface area contributed by atoms with E-state index in [-0.39, 0.29) is 0 Å². The van der Waals surface area contributed by atoms with Crippen molar-refractivity contribution in [1.82, 2.24) is 19.7 Å². The summed E-state index contributed by atoms with van der Waals surface area (Å²) >= 11 is 0. The lowest BCUT2D eigenvalue weighted by Crippen LogP contribution is -2.09. The molecule has 0 aliphatic rings. The number of fused-ring (bicyclic) bond motifs is 1. The Morgan fingerprint density at radius 1 is 1.10 bits per heavy atom. The third kappa shape index (κ3) is 2.92. The van der Waals surface area contributed by atoms with Crippen LogP contribution in [0, 0.1) is 6.92 Å². The maximum absolute atomic E-state index is 4.70. The van der Waals surface area contributed by atoms with E-state index in [1.165, 1.54) is 6.42 Å². The van der Waals surface area contributed by atoms with Gasteiger partial charge < -0.3 is 5.32 Å². The highest BCUT2D eigenvalue weighted by atomic mass is 15.3. The summed E-state index contributed by atoms with van der Waals surface area (Å²) in [7, 11) is 0. The fourth-order valence-electron chi connectivity index (χ4n) is 2.35. The Kier molecular flexibility index (Phi) is 4.93. The summed E-state index contributed by atoms with van der Waals surface area (Å²) < 4.78 is 1.99. The molecule has 5 nitrogen and oxygen atoms in total. The van der Waals surface area contributed by atoms with Crippen molar-refractivity contribution in [2.24, 2.45) is 0 Å². The molecule has 1 N–H and O–H groups in total. The van der Waals surface area contributed by atoms with E-state index in [0.29, 0.717) is 0 Å². The number of hydrogen-bond acceptors (Lipinski definition) is 4. The van der Waals surface area contributed by atoms with Gasteiger partial charge in [-0.15, -0.1) is 0 Å². The van der Waals surface area contributed by atoms with E-state index in [0.717, 1.165) is 60.7 Å². The first-order valence-corrected chi connectivity index (χ1v) is 7.69. The molecule has 0 aliphatic heterocycles. The molecule has 0 fully saturated rings. The predicted molar refractivity (Wildman–Crippen MR) is 83.1 cm³/mol. The molecule has 5 heteroatoms. The van der Waals surface area contributed by atoms with Gasteiger partial charge in [-0.2, -0.15) is 5.10 Å². The zero-order chi connectivity index (χ0) is 14.5. The SMILES string of the molecule is CCCCNc1nc(CCC)nc2c(C)nn(CC)c12. The molecule has 0 aliphatic carbocycles. The zero-order valence-electron chi connectivity index (χ0n) is 13.0. The van der Waals surface area contributed by atoms with E-state index in [2.05, 4.69) is 36.2 Å². The van der Waals surface area contributed by atoms with Crippen LogP contribution in [-0.2, 0) is 13.0 Å². The van der Waals surface area contributed by atoms with E-state index >= 15 is 0 Å². The molecule has 2 heterocycles. The van der Waals surface area contributed by atoms with Gasteiger partial charge in [0.15, 0.2) is 5.82 Å². The Labute approximate surface area is 120 Å². The van der Waals surface area contributed by atoms with Crippen LogP contribution in [0.1, 0.15) is 51.6 Å². The van der Waals surface area contributed by atoms with E-state index in [1.807, 2.05) is 11.6 Å². The summed E-state index contributed by atoms with van der Waals surface area (Å²) in [4.78, 5) is 9.39. The molecule has 2 aromatic heterocycles. The van der Waals surface area contributed by atoms with Gasteiger partial charge in [-0.05, 0) is 26.7 Å². The van der Waals surface area contributed by atoms with Crippen molar-refractivity contribution in [3.05, 3.63) is 11.5 Å². The molecule has 0 unspecified atom stereocenters. The van der Waals surface area contributed by atoms with Crippen LogP contribution in [0.25, 0.3) is 11.0 Å². The van der Waals surface area contributed by atoms with Crippen LogP contribution in [0.2, 0.25) is 0 Å². The standard InChI is InChI=1S/C15H25N5/c1-5-8-10-16-15-14-13(11(4)19-20(14)7-3)17-12(18-15)9-6-2/h5-10H2,1-4H3,(H,16,17,18). The predicted octanol–water partition coefficient (Wildman–Crippen LogP) is 3.32. The number of unbranched alkanes of at least 4 members (excludes halogenated alkanes) is 1. The maximum Gasteiger partial charge on any atom is 0.156 e. The van der Waals surface area contributed by atoms with Crippen LogP contribution in [0.15, 0.2) is 0 Å². The number of hydrogen-bond donors (Lipinski definition) is 1. The van der Waals surface area contributed by atoms with Crippen LogP contribution in [-0.4, -0.2) is 26.3 Å². The van der Waals surface area contributed by atoms with Gasteiger partial charge in [0.1, 0.15) is 16.9 Å². The molecule has 0 atom stereocenters. The second-order valence-electron chi connectivity index (χ2n) is 5.12. The van der Waals surface area contributed by atoms with E-state index in [1.54, 1.807) is 0 Å². The normalized spacial score (nSPS) is 11.2. The van der Waals surface area contributed by atoms with Crippen molar-refractivity contribution in [1.29, 1.82) is 0 Å². The first-order chi connectivity index (χ1) is 9.71. The Hall–Kier alpha value is -1.65. The van der Waals surface area contributed by atoms with Crippen LogP contribution in [0.3, 0.4) is 0 Å². The minimum atomic E-state index is 0.837. The lowest BCUT2D eigenvalue weighted by molar-refractivity contribution is 0.675. The number of aromatic nitrogens is 4. The van der Waals surface area contributed by atoms with Crippen molar-refractivity contribution >= 4 is 16.9 Å². The highest BCUT2D eigenvalue weighted by Crippen LogP contribution is 2.23. The van der Waals surface area contributed by atoms with Crippen LogP contribution >= 0.6 is 0 Å². The summed E-state index contributed by atoms with van der Waals surface area (Å²) in [6, 6.07) is 0. The van der Waals surface area contributed by atoms with E-state index in [9.17, 15) is 0 Å². The molecule has 0 amide bonds. The van der Waals surface area contributed by atoms with Crippen molar-refractivity contribution in [3.8, 4) is 0 Å². The molecular weight excluding hydrogens is 250 g/mol. The fourth-order valence-corrected chi connectivity index (χ4v) is 2.35. The third-order valence-electron chi connectivity index (χ3n) is 3.40. The highest BCUT2D eigenvalue weighted by Gasteiger charge is 2.15. The van der Waals surface area contributed by atoms with Crippen LogP contribution in [0.4, 0.5) is 5.82 Å². The number of aryl methyl sites for hydroxylation is 3. The van der Waals surface area contributed by atoms with Gasteiger partial charge >= 0.3 is 0 Å². The minimum absolute atomic E-state index is 0.837. The summed E-state index contributed by atoms with van der Waals surface area (Å²) in [6.45, 7) is 10.3. The maximum atomic E-state index is 4.70. The molecule has 2 rings (SSSR count). The molecule has 0 radical (unpaired) electrons. The average molecular weight is 275 g/mol. The number of rotatable bonds is 7. The van der Waals surface area contributed by atoms with Gasteiger partial charge in [-0.25, -0.2) is 9.97 Å². The van der Waals surface area contributed by atoms with E-state index in [4.69, 9.17) is 4.98 Å². The summed E-state index contributed by atoms with van der Waals surface area (Å²) in [5.41, 5.74) is 3.02. The van der Waals surface area contributed by atoms with Crippen molar-refractivity contribution < 1.29 is 0 Å². The zero-order valence-corrected chi connectivity index (χ0v) is 13.0. The van der Waals surface area contributed by atoms with Gasteiger partial charge in [-0.3, -0.25) is 4.68 Å². The van der Waals surface area contributed by atoms with Gasteiger partial charge in [0, 0.05) is 19.5 Å². The smallest absolute Gasteiger partial charge is 0.156 e. The Morgan fingerprint density at radius 3 is 2.55 bits per heavy atom. The Morgan fingerprint density at radius 2 is 1.90 bits per heavy atom. The van der Waals surface area contributed by atoms with Crippen molar-refractivity contribution in [2.75, 3.05) is 11.9 Å². The third-order valence-corrected chi connectivity index (χ3v) is 3.40. The Bertz CT molecular complexity index is 573. The number of nitrogens with zero attached hydrogens (tertiary/aromatic N) is 4. The van der Waals surface area contributed by atoms with Crippen LogP contribution in [0.5, 0.6) is 0 Å². The lowest BCUT2D eigenvalue weighted by Gasteiger charge is -2.10. The summed E-state index contributed by atoms with van der Waals surface area (Å²) in [5, 5.41) is 8.04. The van der Waals surface area contributed by atoms with E-state index < -0.39 is 0 Å². The molecule has 2 aromatic rings. The quantitative estimate of drug-likeness (QED) is 0.788. The molecular formula is C15H25N5. The molecule has 110 valence electrons. The van der Waals surface area contributed by atoms with Crippen molar-refractivity contribution in [3.63, 3.8) is 0 Å². The number of nitrogens with one attached hydrogen (secondary N) is 1. The first-order valence-electron chi connectivity index (χ1n) is 7.69. The second kappa shape index (κ2) is 6.68. The van der Waals surface area contributed by atoms with Gasteiger partial charge in [0.2, 0.25) is 0 Å². The van der Waals surface area contributed by atoms with Gasteiger partial charge in [0.25, 0.3) is 0 Å². The summed E-state index contributed by atoms with van der Waals surface area (Å²) in [5.74, 6) is 1.85. The topological polar surface area (TPSA) is 55.6 Å². The molecule has 0 saturated heterocycles.